The molecule has 2 heterocycles. The first kappa shape index (κ1) is 14.0. The molecule has 6 heteroatoms. The Morgan fingerprint density at radius 3 is 2.61 bits per heavy atom. The first-order valence-corrected chi connectivity index (χ1v) is 8.41. The molecular formula is C12H20N2O2S2. The minimum Gasteiger partial charge on any atom is -0.330 e. The lowest BCUT2D eigenvalue weighted by Crippen LogP contribution is -2.34. The zero-order valence-corrected chi connectivity index (χ0v) is 12.6. The molecule has 0 spiro atoms. The van der Waals surface area contributed by atoms with Crippen molar-refractivity contribution >= 4 is 21.4 Å². The summed E-state index contributed by atoms with van der Waals surface area (Å²) >= 11 is 1.36. The van der Waals surface area contributed by atoms with Crippen LogP contribution in [0, 0.1) is 19.8 Å². The molecule has 0 radical (unpaired) electrons. The number of thiophene rings is 1. The molecular weight excluding hydrogens is 268 g/mol. The van der Waals surface area contributed by atoms with Crippen molar-refractivity contribution in [3.05, 3.63) is 16.5 Å². The molecule has 1 aromatic rings. The molecule has 1 aliphatic rings. The molecule has 2 unspecified atom stereocenters. The fourth-order valence-electron chi connectivity index (χ4n) is 2.60. The summed E-state index contributed by atoms with van der Waals surface area (Å²) in [6.07, 6.45) is 0.860. The maximum atomic E-state index is 12.6. The van der Waals surface area contributed by atoms with Gasteiger partial charge in [-0.1, -0.05) is 0 Å². The standard InChI is InChI=1S/C12H20N2O2S2/c1-8-4-10(3)17-12(8)18(15,16)14-7-11(6-13)5-9(14)2/h4,9,11H,5-7,13H2,1-3H3. The van der Waals surface area contributed by atoms with Crippen LogP contribution in [0.5, 0.6) is 0 Å². The van der Waals surface area contributed by atoms with Crippen molar-refractivity contribution in [1.82, 2.24) is 4.31 Å². The quantitative estimate of drug-likeness (QED) is 0.921. The van der Waals surface area contributed by atoms with Gasteiger partial charge in [0.15, 0.2) is 0 Å². The fraction of sp³-hybridized carbons (Fsp3) is 0.667. The third kappa shape index (κ3) is 2.34. The maximum absolute atomic E-state index is 12.6. The minimum absolute atomic E-state index is 0.0466. The highest BCUT2D eigenvalue weighted by Crippen LogP contribution is 2.34. The van der Waals surface area contributed by atoms with E-state index in [1.54, 1.807) is 4.31 Å². The van der Waals surface area contributed by atoms with Crippen molar-refractivity contribution in [2.75, 3.05) is 13.1 Å². The van der Waals surface area contributed by atoms with Gasteiger partial charge in [-0.3, -0.25) is 0 Å². The molecule has 4 nitrogen and oxygen atoms in total. The number of aryl methyl sites for hydroxylation is 2. The predicted molar refractivity (Wildman–Crippen MR) is 74.3 cm³/mol. The molecule has 0 aromatic carbocycles. The zero-order valence-electron chi connectivity index (χ0n) is 11.0. The summed E-state index contributed by atoms with van der Waals surface area (Å²) < 4.78 is 27.4. The summed E-state index contributed by atoms with van der Waals surface area (Å²) in [5.74, 6) is 0.288. The van der Waals surface area contributed by atoms with Crippen LogP contribution in [0.3, 0.4) is 0 Å². The van der Waals surface area contributed by atoms with Gasteiger partial charge in [0.05, 0.1) is 0 Å². The van der Waals surface area contributed by atoms with Crippen LogP contribution in [0.15, 0.2) is 10.3 Å². The Morgan fingerprint density at radius 2 is 2.17 bits per heavy atom. The van der Waals surface area contributed by atoms with E-state index in [-0.39, 0.29) is 12.0 Å². The largest absolute Gasteiger partial charge is 0.330 e. The van der Waals surface area contributed by atoms with Crippen LogP contribution < -0.4 is 5.73 Å². The average Bonchev–Trinajstić information content (AvgIpc) is 2.82. The van der Waals surface area contributed by atoms with Gasteiger partial charge >= 0.3 is 0 Å². The second-order valence-corrected chi connectivity index (χ2v) is 8.43. The third-order valence-corrected chi connectivity index (χ3v) is 7.22. The molecule has 0 bridgehead atoms. The molecule has 0 amide bonds. The Hall–Kier alpha value is -0.430. The Labute approximate surface area is 113 Å². The van der Waals surface area contributed by atoms with Crippen LogP contribution in [0.2, 0.25) is 0 Å². The second kappa shape index (κ2) is 4.92. The molecule has 1 saturated heterocycles. The molecule has 18 heavy (non-hydrogen) atoms. The lowest BCUT2D eigenvalue weighted by molar-refractivity contribution is 0.405. The van der Waals surface area contributed by atoms with Gasteiger partial charge in [-0.15, -0.1) is 11.3 Å². The van der Waals surface area contributed by atoms with Gasteiger partial charge in [0.1, 0.15) is 4.21 Å². The van der Waals surface area contributed by atoms with E-state index in [1.165, 1.54) is 11.3 Å². The molecule has 2 rings (SSSR count). The van der Waals surface area contributed by atoms with Gasteiger partial charge in [0, 0.05) is 17.5 Å². The number of nitrogens with two attached hydrogens (primary N) is 1. The van der Waals surface area contributed by atoms with E-state index in [0.29, 0.717) is 17.3 Å². The third-order valence-electron chi connectivity index (χ3n) is 3.48. The summed E-state index contributed by atoms with van der Waals surface area (Å²) in [6, 6.07) is 1.98. The van der Waals surface area contributed by atoms with Gasteiger partial charge in [-0.2, -0.15) is 4.31 Å². The van der Waals surface area contributed by atoms with E-state index in [2.05, 4.69) is 0 Å². The topological polar surface area (TPSA) is 63.4 Å². The lowest BCUT2D eigenvalue weighted by Gasteiger charge is -2.20. The SMILES string of the molecule is Cc1cc(C)c(S(=O)(=O)N2CC(CN)CC2C)s1. The van der Waals surface area contributed by atoms with Crippen molar-refractivity contribution < 1.29 is 8.42 Å². The van der Waals surface area contributed by atoms with Gasteiger partial charge in [-0.05, 0) is 51.3 Å². The monoisotopic (exact) mass is 288 g/mol. The Morgan fingerprint density at radius 1 is 1.50 bits per heavy atom. The molecule has 1 fully saturated rings. The van der Waals surface area contributed by atoms with Gasteiger partial charge < -0.3 is 5.73 Å². The molecule has 1 aromatic heterocycles. The van der Waals surface area contributed by atoms with Crippen LogP contribution >= 0.6 is 11.3 Å². The second-order valence-electron chi connectivity index (χ2n) is 5.09. The zero-order chi connectivity index (χ0) is 13.5. The molecule has 0 saturated carbocycles. The van der Waals surface area contributed by atoms with E-state index in [1.807, 2.05) is 26.8 Å². The van der Waals surface area contributed by atoms with Crippen LogP contribution in [-0.4, -0.2) is 31.9 Å². The summed E-state index contributed by atoms with van der Waals surface area (Å²) in [4.78, 5) is 1.04. The van der Waals surface area contributed by atoms with E-state index < -0.39 is 10.0 Å². The highest BCUT2D eigenvalue weighted by molar-refractivity contribution is 7.91. The molecule has 0 aliphatic carbocycles. The van der Waals surface area contributed by atoms with Crippen LogP contribution in [0.25, 0.3) is 0 Å². The summed E-state index contributed by atoms with van der Waals surface area (Å²) in [5.41, 5.74) is 6.50. The summed E-state index contributed by atoms with van der Waals surface area (Å²) in [6.45, 7) is 6.86. The van der Waals surface area contributed by atoms with Crippen LogP contribution in [0.1, 0.15) is 23.8 Å². The first-order chi connectivity index (χ1) is 8.36. The van der Waals surface area contributed by atoms with Crippen molar-refractivity contribution in [3.63, 3.8) is 0 Å². The smallest absolute Gasteiger partial charge is 0.253 e. The molecule has 2 atom stereocenters. The maximum Gasteiger partial charge on any atom is 0.253 e. The fourth-order valence-corrected chi connectivity index (χ4v) is 6.09. The van der Waals surface area contributed by atoms with E-state index in [4.69, 9.17) is 5.73 Å². The summed E-state index contributed by atoms with van der Waals surface area (Å²) in [5, 5.41) is 0. The van der Waals surface area contributed by atoms with Crippen LogP contribution in [0.4, 0.5) is 0 Å². The van der Waals surface area contributed by atoms with Crippen molar-refractivity contribution in [2.45, 2.75) is 37.4 Å². The Kier molecular flexibility index (Phi) is 3.82. The minimum atomic E-state index is -3.34. The number of hydrogen-bond donors (Lipinski definition) is 1. The molecule has 102 valence electrons. The first-order valence-electron chi connectivity index (χ1n) is 6.15. The van der Waals surface area contributed by atoms with Gasteiger partial charge in [0.25, 0.3) is 10.0 Å². The summed E-state index contributed by atoms with van der Waals surface area (Å²) in [7, 11) is -3.34. The normalized spacial score (nSPS) is 25.8. The highest BCUT2D eigenvalue weighted by atomic mass is 32.2. The van der Waals surface area contributed by atoms with E-state index >= 15 is 0 Å². The van der Waals surface area contributed by atoms with E-state index in [9.17, 15) is 8.42 Å². The molecule has 2 N–H and O–H groups in total. The number of sulfonamides is 1. The lowest BCUT2D eigenvalue weighted by atomic mass is 10.1. The average molecular weight is 288 g/mol. The van der Waals surface area contributed by atoms with Crippen LogP contribution in [-0.2, 0) is 10.0 Å². The predicted octanol–water partition coefficient (Wildman–Crippen LogP) is 1.72. The van der Waals surface area contributed by atoms with Crippen molar-refractivity contribution in [2.24, 2.45) is 11.7 Å². The van der Waals surface area contributed by atoms with Gasteiger partial charge in [-0.25, -0.2) is 8.42 Å². The number of hydrogen-bond acceptors (Lipinski definition) is 4. The molecule has 1 aliphatic heterocycles. The van der Waals surface area contributed by atoms with Gasteiger partial charge in [0.2, 0.25) is 0 Å². The number of rotatable bonds is 3. The Balaban J connectivity index is 2.35. The van der Waals surface area contributed by atoms with E-state index in [0.717, 1.165) is 16.9 Å². The van der Waals surface area contributed by atoms with Crippen molar-refractivity contribution in [1.29, 1.82) is 0 Å². The Bertz CT molecular complexity index is 536. The van der Waals surface area contributed by atoms with Crippen molar-refractivity contribution in [3.8, 4) is 0 Å². The number of nitrogens with zero attached hydrogens (tertiary/aromatic N) is 1. The highest BCUT2D eigenvalue weighted by Gasteiger charge is 2.38.